The number of amides is 1. The fourth-order valence-corrected chi connectivity index (χ4v) is 5.46. The molecule has 2 aliphatic heterocycles. The lowest BCUT2D eigenvalue weighted by atomic mass is 9.87. The summed E-state index contributed by atoms with van der Waals surface area (Å²) in [5.74, 6) is -3.64. The molecule has 2 aliphatic rings. The number of likely N-dealkylation sites (tertiary alicyclic amines) is 1. The number of esters is 2. The van der Waals surface area contributed by atoms with Gasteiger partial charge in [0.1, 0.15) is 23.3 Å². The Hall–Kier alpha value is -3.67. The van der Waals surface area contributed by atoms with E-state index in [9.17, 15) is 31.9 Å². The molecular weight excluding hydrogens is 560 g/mol. The van der Waals surface area contributed by atoms with Gasteiger partial charge in [0, 0.05) is 29.8 Å². The minimum atomic E-state index is -0.671. The summed E-state index contributed by atoms with van der Waals surface area (Å²) in [7, 11) is 3.89. The van der Waals surface area contributed by atoms with Crippen molar-refractivity contribution in [3.8, 4) is 0 Å². The first-order valence-electron chi connectivity index (χ1n) is 13.7. The molecule has 230 valence electrons. The zero-order valence-corrected chi connectivity index (χ0v) is 23.8. The van der Waals surface area contributed by atoms with Crippen LogP contribution in [0.3, 0.4) is 0 Å². The van der Waals surface area contributed by atoms with Gasteiger partial charge in [0.05, 0.1) is 33.2 Å². The Morgan fingerprint density at radius 3 is 1.76 bits per heavy atom. The number of hydrogen-bond acceptors (Lipinski definition) is 7. The Balaban J connectivity index is 0.000000235. The molecule has 1 amide bonds. The maximum atomic E-state index is 13.9. The van der Waals surface area contributed by atoms with E-state index in [0.717, 1.165) is 0 Å². The summed E-state index contributed by atoms with van der Waals surface area (Å²) >= 11 is 0. The maximum absolute atomic E-state index is 13.9. The summed E-state index contributed by atoms with van der Waals surface area (Å²) in [6.45, 7) is 0.924. The Labute approximate surface area is 242 Å². The van der Waals surface area contributed by atoms with E-state index in [0.29, 0.717) is 25.8 Å². The Morgan fingerprint density at radius 2 is 1.26 bits per heavy atom. The van der Waals surface area contributed by atoms with Crippen LogP contribution in [0.1, 0.15) is 36.8 Å². The monoisotopic (exact) mass is 596 g/mol. The second kappa shape index (κ2) is 15.5. The Morgan fingerprint density at radius 1 is 0.762 bits per heavy atom. The summed E-state index contributed by atoms with van der Waals surface area (Å²) in [6, 6.07) is 6.82. The highest BCUT2D eigenvalue weighted by Crippen LogP contribution is 2.28. The lowest BCUT2D eigenvalue weighted by Crippen LogP contribution is -2.48. The molecule has 2 heterocycles. The van der Waals surface area contributed by atoms with Gasteiger partial charge in [0.2, 0.25) is 0 Å². The summed E-state index contributed by atoms with van der Waals surface area (Å²) in [6.07, 6.45) is 1.58. The number of ether oxygens (including phenoxy) is 3. The molecule has 2 fully saturated rings. The maximum Gasteiger partial charge on any atom is 0.409 e. The number of carbonyl (C=O) groups is 3. The lowest BCUT2D eigenvalue weighted by Gasteiger charge is -2.37. The van der Waals surface area contributed by atoms with Crippen molar-refractivity contribution >= 4 is 18.0 Å². The van der Waals surface area contributed by atoms with Crippen LogP contribution in [0.25, 0.3) is 0 Å². The van der Waals surface area contributed by atoms with E-state index in [1.54, 1.807) is 0 Å². The molecule has 12 heteroatoms. The molecule has 0 radical (unpaired) electrons. The number of benzene rings is 2. The molecule has 0 aliphatic carbocycles. The topological polar surface area (TPSA) is 94.2 Å². The van der Waals surface area contributed by atoms with Crippen LogP contribution in [0, 0.1) is 35.1 Å². The van der Waals surface area contributed by atoms with Crippen LogP contribution in [-0.2, 0) is 36.6 Å². The van der Waals surface area contributed by atoms with E-state index in [2.05, 4.69) is 5.32 Å². The first kappa shape index (κ1) is 32.8. The van der Waals surface area contributed by atoms with Crippen molar-refractivity contribution in [1.29, 1.82) is 0 Å². The van der Waals surface area contributed by atoms with E-state index in [1.165, 1.54) is 62.6 Å². The van der Waals surface area contributed by atoms with Crippen LogP contribution in [0.4, 0.5) is 22.4 Å². The Kier molecular flexibility index (Phi) is 12.1. The number of halogens is 4. The minimum absolute atomic E-state index is 0.0267. The molecule has 42 heavy (non-hydrogen) atoms. The van der Waals surface area contributed by atoms with Crippen LogP contribution in [0.5, 0.6) is 0 Å². The molecule has 4 unspecified atom stereocenters. The first-order chi connectivity index (χ1) is 20.1. The van der Waals surface area contributed by atoms with Gasteiger partial charge < -0.3 is 24.4 Å². The largest absolute Gasteiger partial charge is 0.469 e. The van der Waals surface area contributed by atoms with Gasteiger partial charge in [-0.15, -0.1) is 0 Å². The molecular formula is C30H36F4N2O6. The smallest absolute Gasteiger partial charge is 0.409 e. The van der Waals surface area contributed by atoms with Crippen LogP contribution in [-0.4, -0.2) is 69.4 Å². The SMILES string of the molecule is COC(=O)C1CCN(C(=O)OC)C(Cc2c(F)cccc2F)C1.COC(=O)C1CCNC(Cc2c(F)cccc2F)C1. The quantitative estimate of drug-likeness (QED) is 0.297. The molecule has 0 bridgehead atoms. The second-order valence-corrected chi connectivity index (χ2v) is 10.3. The van der Waals surface area contributed by atoms with E-state index < -0.39 is 41.3 Å². The average molecular weight is 597 g/mol. The van der Waals surface area contributed by atoms with Gasteiger partial charge in [-0.2, -0.15) is 0 Å². The normalized spacial score (nSPS) is 21.9. The van der Waals surface area contributed by atoms with Crippen molar-refractivity contribution < 1.29 is 46.2 Å². The van der Waals surface area contributed by atoms with E-state index >= 15 is 0 Å². The average Bonchev–Trinajstić information content (AvgIpc) is 3.00. The van der Waals surface area contributed by atoms with Crippen LogP contribution in [0.2, 0.25) is 0 Å². The van der Waals surface area contributed by atoms with Crippen LogP contribution >= 0.6 is 0 Å². The molecule has 8 nitrogen and oxygen atoms in total. The number of rotatable bonds is 6. The van der Waals surface area contributed by atoms with E-state index in [4.69, 9.17) is 14.2 Å². The number of hydrogen-bond donors (Lipinski definition) is 1. The zero-order valence-electron chi connectivity index (χ0n) is 23.8. The van der Waals surface area contributed by atoms with Crippen molar-refractivity contribution in [2.45, 2.75) is 50.6 Å². The van der Waals surface area contributed by atoms with Crippen molar-refractivity contribution in [2.24, 2.45) is 11.8 Å². The molecule has 0 aromatic heterocycles. The van der Waals surface area contributed by atoms with Gasteiger partial charge in [0.25, 0.3) is 0 Å². The predicted molar refractivity (Wildman–Crippen MR) is 144 cm³/mol. The van der Waals surface area contributed by atoms with Gasteiger partial charge in [-0.05, 0) is 69.3 Å². The van der Waals surface area contributed by atoms with Gasteiger partial charge in [-0.25, -0.2) is 22.4 Å². The van der Waals surface area contributed by atoms with Gasteiger partial charge in [-0.1, -0.05) is 12.1 Å². The fourth-order valence-electron chi connectivity index (χ4n) is 5.46. The molecule has 2 aromatic rings. The summed E-state index contributed by atoms with van der Waals surface area (Å²) in [4.78, 5) is 36.5. The minimum Gasteiger partial charge on any atom is -0.469 e. The van der Waals surface area contributed by atoms with Gasteiger partial charge >= 0.3 is 18.0 Å². The summed E-state index contributed by atoms with van der Waals surface area (Å²) in [5, 5.41) is 3.19. The molecule has 2 aromatic carbocycles. The number of carbonyl (C=O) groups excluding carboxylic acids is 3. The molecule has 2 saturated heterocycles. The van der Waals surface area contributed by atoms with Crippen LogP contribution < -0.4 is 5.32 Å². The second-order valence-electron chi connectivity index (χ2n) is 10.3. The highest BCUT2D eigenvalue weighted by atomic mass is 19.1. The molecule has 0 spiro atoms. The van der Waals surface area contributed by atoms with Crippen molar-refractivity contribution in [1.82, 2.24) is 10.2 Å². The Bertz CT molecular complexity index is 1210. The molecule has 0 saturated carbocycles. The van der Waals surface area contributed by atoms with Crippen molar-refractivity contribution in [3.05, 3.63) is 70.8 Å². The molecule has 1 N–H and O–H groups in total. The van der Waals surface area contributed by atoms with Crippen LogP contribution in [0.15, 0.2) is 36.4 Å². The van der Waals surface area contributed by atoms with Gasteiger partial charge in [0.15, 0.2) is 0 Å². The third-order valence-electron chi connectivity index (χ3n) is 7.70. The van der Waals surface area contributed by atoms with E-state index in [1.807, 2.05) is 0 Å². The number of nitrogens with one attached hydrogen (secondary N) is 1. The molecule has 4 rings (SSSR count). The van der Waals surface area contributed by atoms with E-state index in [-0.39, 0.29) is 60.8 Å². The number of nitrogens with zero attached hydrogens (tertiary/aromatic N) is 1. The van der Waals surface area contributed by atoms with Crippen molar-refractivity contribution in [3.63, 3.8) is 0 Å². The highest BCUT2D eigenvalue weighted by Gasteiger charge is 2.36. The molecule has 4 atom stereocenters. The summed E-state index contributed by atoms with van der Waals surface area (Å²) in [5.41, 5.74) is -0.0255. The predicted octanol–water partition coefficient (Wildman–Crippen LogP) is 4.58. The highest BCUT2D eigenvalue weighted by molar-refractivity contribution is 5.74. The third-order valence-corrected chi connectivity index (χ3v) is 7.70. The lowest BCUT2D eigenvalue weighted by molar-refractivity contribution is -0.148. The van der Waals surface area contributed by atoms with Gasteiger partial charge in [-0.3, -0.25) is 9.59 Å². The number of piperidine rings is 2. The van der Waals surface area contributed by atoms with Crippen molar-refractivity contribution in [2.75, 3.05) is 34.4 Å². The standard InChI is InChI=1S/C16H19F2NO4.C14H17F2NO2/c1-22-15(20)10-6-7-19(16(21)23-2)11(8-10)9-12-13(17)4-3-5-14(12)18;1-19-14(18)9-5-6-17-10(7-9)8-11-12(15)3-2-4-13(11)16/h3-5,10-11H,6-9H2,1-2H3;2-4,9-10,17H,5-8H2,1H3. The summed E-state index contributed by atoms with van der Waals surface area (Å²) < 4.78 is 69.1. The number of methoxy groups -OCH3 is 3. The third kappa shape index (κ3) is 8.43. The first-order valence-corrected chi connectivity index (χ1v) is 13.7. The zero-order chi connectivity index (χ0) is 30.8. The fraction of sp³-hybridized carbons (Fsp3) is 0.500.